The summed E-state index contributed by atoms with van der Waals surface area (Å²) >= 11 is 13.6. The molecule has 1 aliphatic heterocycles. The van der Waals surface area contributed by atoms with Gasteiger partial charge in [0, 0.05) is 42.8 Å². The van der Waals surface area contributed by atoms with Gasteiger partial charge in [0.15, 0.2) is 5.13 Å². The van der Waals surface area contributed by atoms with E-state index < -0.39 is 0 Å². The molecule has 1 saturated heterocycles. The lowest BCUT2D eigenvalue weighted by atomic mass is 10.1. The summed E-state index contributed by atoms with van der Waals surface area (Å²) in [6, 6.07) is 13.9. The Morgan fingerprint density at radius 2 is 1.80 bits per heavy atom. The lowest BCUT2D eigenvalue weighted by molar-refractivity contribution is -0.117. The van der Waals surface area contributed by atoms with E-state index in [0.29, 0.717) is 21.7 Å². The SMILES string of the molecule is Cc1ccc(-c2csc(NC(=O)CN3CCN(c4ccc(Cl)c(Cl)c4)CC3)n2)cc1. The summed E-state index contributed by atoms with van der Waals surface area (Å²) in [5.41, 5.74) is 4.20. The summed E-state index contributed by atoms with van der Waals surface area (Å²) in [4.78, 5) is 21.4. The molecule has 4 rings (SSSR count). The number of carbonyl (C=O) groups excluding carboxylic acids is 1. The fourth-order valence-electron chi connectivity index (χ4n) is 3.40. The molecule has 0 saturated carbocycles. The summed E-state index contributed by atoms with van der Waals surface area (Å²) in [5, 5.41) is 6.65. The van der Waals surface area contributed by atoms with Gasteiger partial charge in [-0.2, -0.15) is 0 Å². The van der Waals surface area contributed by atoms with Gasteiger partial charge in [-0.25, -0.2) is 4.98 Å². The number of amides is 1. The van der Waals surface area contributed by atoms with Crippen LogP contribution in [0.3, 0.4) is 0 Å². The molecule has 1 aromatic heterocycles. The van der Waals surface area contributed by atoms with E-state index in [9.17, 15) is 4.79 Å². The number of aryl methyl sites for hydroxylation is 1. The third-order valence-corrected chi connectivity index (χ3v) is 6.60. The van der Waals surface area contributed by atoms with Crippen LogP contribution in [0.5, 0.6) is 0 Å². The number of hydrogen-bond donors (Lipinski definition) is 1. The van der Waals surface area contributed by atoms with E-state index >= 15 is 0 Å². The van der Waals surface area contributed by atoms with Gasteiger partial charge < -0.3 is 10.2 Å². The molecule has 1 amide bonds. The Bertz CT molecular complexity index is 1030. The summed E-state index contributed by atoms with van der Waals surface area (Å²) < 4.78 is 0. The molecule has 30 heavy (non-hydrogen) atoms. The quantitative estimate of drug-likeness (QED) is 0.569. The molecular weight excluding hydrogens is 439 g/mol. The van der Waals surface area contributed by atoms with Crippen LogP contribution in [0.4, 0.5) is 10.8 Å². The Labute approximate surface area is 190 Å². The van der Waals surface area contributed by atoms with Crippen LogP contribution in [-0.2, 0) is 4.79 Å². The third kappa shape index (κ3) is 5.13. The summed E-state index contributed by atoms with van der Waals surface area (Å²) in [7, 11) is 0. The van der Waals surface area contributed by atoms with Crippen LogP contribution in [0, 0.1) is 6.92 Å². The Hall–Kier alpha value is -2.12. The van der Waals surface area contributed by atoms with Crippen molar-refractivity contribution in [2.75, 3.05) is 42.9 Å². The van der Waals surface area contributed by atoms with Gasteiger partial charge >= 0.3 is 0 Å². The minimum Gasteiger partial charge on any atom is -0.369 e. The van der Waals surface area contributed by atoms with E-state index in [1.165, 1.54) is 16.9 Å². The maximum atomic E-state index is 12.5. The number of nitrogens with one attached hydrogen (secondary N) is 1. The molecule has 0 aliphatic carbocycles. The summed E-state index contributed by atoms with van der Waals surface area (Å²) in [6.07, 6.45) is 0. The topological polar surface area (TPSA) is 48.5 Å². The minimum atomic E-state index is -0.0391. The van der Waals surface area contributed by atoms with Crippen molar-refractivity contribution in [1.82, 2.24) is 9.88 Å². The van der Waals surface area contributed by atoms with Crippen molar-refractivity contribution >= 4 is 51.3 Å². The highest BCUT2D eigenvalue weighted by Gasteiger charge is 2.20. The summed E-state index contributed by atoms with van der Waals surface area (Å²) in [5.74, 6) is -0.0391. The first-order valence-electron chi connectivity index (χ1n) is 9.73. The van der Waals surface area contributed by atoms with Crippen LogP contribution in [0.15, 0.2) is 47.8 Å². The molecule has 0 bridgehead atoms. The zero-order valence-electron chi connectivity index (χ0n) is 16.6. The fourth-order valence-corrected chi connectivity index (χ4v) is 4.42. The largest absolute Gasteiger partial charge is 0.369 e. The van der Waals surface area contributed by atoms with E-state index in [2.05, 4.69) is 39.2 Å². The van der Waals surface area contributed by atoms with E-state index in [4.69, 9.17) is 23.2 Å². The average molecular weight is 461 g/mol. The van der Waals surface area contributed by atoms with E-state index in [1.807, 2.05) is 35.7 Å². The standard InChI is InChI=1S/C22H22Cl2N4OS/c1-15-2-4-16(5-3-15)20-14-30-22(25-20)26-21(29)13-27-8-10-28(11-9-27)17-6-7-18(23)19(24)12-17/h2-7,12,14H,8-11,13H2,1H3,(H,25,26,29). The van der Waals surface area contributed by atoms with Gasteiger partial charge in [0.1, 0.15) is 0 Å². The van der Waals surface area contributed by atoms with Crippen LogP contribution >= 0.6 is 34.5 Å². The van der Waals surface area contributed by atoms with Crippen molar-refractivity contribution in [2.45, 2.75) is 6.92 Å². The van der Waals surface area contributed by atoms with E-state index in [-0.39, 0.29) is 5.91 Å². The molecule has 0 radical (unpaired) electrons. The van der Waals surface area contributed by atoms with Crippen molar-refractivity contribution in [3.63, 3.8) is 0 Å². The van der Waals surface area contributed by atoms with Crippen LogP contribution in [0.1, 0.15) is 5.56 Å². The highest BCUT2D eigenvalue weighted by atomic mass is 35.5. The predicted octanol–water partition coefficient (Wildman–Crippen LogP) is 5.19. The average Bonchev–Trinajstić information content (AvgIpc) is 3.19. The molecule has 5 nitrogen and oxygen atoms in total. The van der Waals surface area contributed by atoms with Crippen molar-refractivity contribution < 1.29 is 4.79 Å². The first-order valence-corrected chi connectivity index (χ1v) is 11.4. The van der Waals surface area contributed by atoms with E-state index in [0.717, 1.165) is 43.1 Å². The monoisotopic (exact) mass is 460 g/mol. The molecule has 0 spiro atoms. The molecule has 0 unspecified atom stereocenters. The van der Waals surface area contributed by atoms with Crippen molar-refractivity contribution in [1.29, 1.82) is 0 Å². The second kappa shape index (κ2) is 9.35. The predicted molar refractivity (Wildman–Crippen MR) is 126 cm³/mol. The summed E-state index contributed by atoms with van der Waals surface area (Å²) in [6.45, 7) is 5.69. The number of hydrogen-bond acceptors (Lipinski definition) is 5. The van der Waals surface area contributed by atoms with Gasteiger partial charge in [0.2, 0.25) is 5.91 Å². The Kier molecular flexibility index (Phi) is 6.58. The van der Waals surface area contributed by atoms with Gasteiger partial charge in [-0.05, 0) is 25.1 Å². The lowest BCUT2D eigenvalue weighted by Crippen LogP contribution is -2.48. The zero-order valence-corrected chi connectivity index (χ0v) is 18.9. The van der Waals surface area contributed by atoms with Gasteiger partial charge in [-0.1, -0.05) is 53.0 Å². The molecule has 3 aromatic rings. The number of aromatic nitrogens is 1. The van der Waals surface area contributed by atoms with Gasteiger partial charge in [0.05, 0.1) is 22.3 Å². The highest BCUT2D eigenvalue weighted by Crippen LogP contribution is 2.28. The normalized spacial score (nSPS) is 14.7. The molecule has 156 valence electrons. The smallest absolute Gasteiger partial charge is 0.240 e. The maximum Gasteiger partial charge on any atom is 0.240 e. The number of rotatable bonds is 5. The third-order valence-electron chi connectivity index (χ3n) is 5.11. The fraction of sp³-hybridized carbons (Fsp3) is 0.273. The lowest BCUT2D eigenvalue weighted by Gasteiger charge is -2.35. The van der Waals surface area contributed by atoms with Crippen LogP contribution in [0.2, 0.25) is 10.0 Å². The van der Waals surface area contributed by atoms with Gasteiger partial charge in [0.25, 0.3) is 0 Å². The number of benzene rings is 2. The number of anilines is 2. The van der Waals surface area contributed by atoms with Gasteiger partial charge in [-0.3, -0.25) is 9.69 Å². The second-order valence-corrected chi connectivity index (χ2v) is 8.99. The Morgan fingerprint density at radius 1 is 1.07 bits per heavy atom. The Morgan fingerprint density at radius 3 is 2.50 bits per heavy atom. The second-order valence-electron chi connectivity index (χ2n) is 7.31. The number of nitrogens with zero attached hydrogens (tertiary/aromatic N) is 3. The highest BCUT2D eigenvalue weighted by molar-refractivity contribution is 7.14. The molecule has 1 N–H and O–H groups in total. The molecule has 8 heteroatoms. The van der Waals surface area contributed by atoms with Gasteiger partial charge in [-0.15, -0.1) is 11.3 Å². The van der Waals surface area contributed by atoms with Crippen molar-refractivity contribution in [3.8, 4) is 11.3 Å². The van der Waals surface area contributed by atoms with E-state index in [1.54, 1.807) is 0 Å². The number of piperazine rings is 1. The molecule has 0 atom stereocenters. The number of thiazole rings is 1. The number of carbonyl (C=O) groups is 1. The van der Waals surface area contributed by atoms with Crippen molar-refractivity contribution in [2.24, 2.45) is 0 Å². The van der Waals surface area contributed by atoms with Crippen LogP contribution in [-0.4, -0.2) is 48.5 Å². The van der Waals surface area contributed by atoms with Crippen LogP contribution in [0.25, 0.3) is 11.3 Å². The van der Waals surface area contributed by atoms with Crippen molar-refractivity contribution in [3.05, 3.63) is 63.5 Å². The minimum absolute atomic E-state index is 0.0391. The Balaban J connectivity index is 1.28. The molecular formula is C22H22Cl2N4OS. The molecule has 2 aromatic carbocycles. The zero-order chi connectivity index (χ0) is 21.1. The maximum absolute atomic E-state index is 12.5. The first-order chi connectivity index (χ1) is 14.5. The first kappa shape index (κ1) is 21.1. The van der Waals surface area contributed by atoms with Crippen LogP contribution < -0.4 is 10.2 Å². The molecule has 2 heterocycles. The molecule has 1 fully saturated rings. The molecule has 1 aliphatic rings. The number of halogens is 2.